The summed E-state index contributed by atoms with van der Waals surface area (Å²) in [6, 6.07) is 0. The third kappa shape index (κ3) is 71.0. The maximum atomic E-state index is 10.2. The quantitative estimate of drug-likeness (QED) is 0.0449. The van der Waals surface area contributed by atoms with E-state index in [0.717, 1.165) is 57.8 Å². The van der Waals surface area contributed by atoms with Gasteiger partial charge >= 0.3 is 32.7 Å². The van der Waals surface area contributed by atoms with Crippen LogP contribution in [0.5, 0.6) is 0 Å². The van der Waals surface area contributed by atoms with Gasteiger partial charge in [-0.3, -0.25) is 0 Å². The Labute approximate surface area is 366 Å². The van der Waals surface area contributed by atoms with Crippen molar-refractivity contribution >= 4 is 17.9 Å². The zero-order valence-electron chi connectivity index (χ0n) is 36.4. The van der Waals surface area contributed by atoms with E-state index in [9.17, 15) is 29.7 Å². The number of unbranched alkanes of at least 4 members (excludes halogenated alkanes) is 27. The van der Waals surface area contributed by atoms with E-state index in [0.29, 0.717) is 0 Å². The summed E-state index contributed by atoms with van der Waals surface area (Å²) in [5, 5.41) is 30.5. The molecule has 0 aliphatic heterocycles. The standard InChI is InChI=1S/3C16H30O2.Y/c3*1-2-3-4-5-6-7-8-9-10-11-12-13-14-15-16(17)18;/h3*7-8H,2-6,9-15H2,1H3,(H,17,18);/q;;;+3/p-3/b3*8-7-;. The van der Waals surface area contributed by atoms with Crippen molar-refractivity contribution in [2.45, 2.75) is 252 Å². The van der Waals surface area contributed by atoms with Crippen molar-refractivity contribution in [3.8, 4) is 0 Å². The summed E-state index contributed by atoms with van der Waals surface area (Å²) in [5.41, 5.74) is 0. The third-order valence-corrected chi connectivity index (χ3v) is 9.43. The molecule has 318 valence electrons. The first-order chi connectivity index (χ1) is 26.3. The molecular weight excluding hydrogens is 761 g/mol. The van der Waals surface area contributed by atoms with Crippen LogP contribution < -0.4 is 15.3 Å². The number of allylic oxidation sites excluding steroid dienone is 6. The van der Waals surface area contributed by atoms with E-state index < -0.39 is 17.9 Å². The van der Waals surface area contributed by atoms with Crippen LogP contribution >= 0.6 is 0 Å². The Morgan fingerprint density at radius 2 is 0.455 bits per heavy atom. The Bertz CT molecular complexity index is 744. The van der Waals surface area contributed by atoms with Gasteiger partial charge < -0.3 is 29.7 Å². The molecule has 0 saturated carbocycles. The van der Waals surface area contributed by atoms with Crippen molar-refractivity contribution in [3.05, 3.63) is 36.5 Å². The minimum atomic E-state index is -0.916. The first kappa shape index (κ1) is 60.4. The number of carbonyl (C=O) groups is 3. The van der Waals surface area contributed by atoms with Crippen molar-refractivity contribution in [1.29, 1.82) is 0 Å². The normalized spacial score (nSPS) is 11.0. The van der Waals surface area contributed by atoms with Crippen LogP contribution in [0.15, 0.2) is 36.5 Å². The van der Waals surface area contributed by atoms with E-state index in [1.807, 2.05) is 0 Å². The Hall–Kier alpha value is -1.27. The minimum absolute atomic E-state index is 0. The molecule has 0 aromatic heterocycles. The Balaban J connectivity index is -0.000000351. The summed E-state index contributed by atoms with van der Waals surface area (Å²) >= 11 is 0. The van der Waals surface area contributed by atoms with E-state index in [1.165, 1.54) is 154 Å². The smallest absolute Gasteiger partial charge is 0.550 e. The summed E-state index contributed by atoms with van der Waals surface area (Å²) in [6.45, 7) is 6.72. The zero-order chi connectivity index (χ0) is 40.4. The molecule has 0 N–H and O–H groups in total. The molecule has 0 aromatic carbocycles. The van der Waals surface area contributed by atoms with Gasteiger partial charge in [-0.2, -0.15) is 0 Å². The van der Waals surface area contributed by atoms with Gasteiger partial charge in [0.15, 0.2) is 0 Å². The Kier molecular flexibility index (Phi) is 62.7. The minimum Gasteiger partial charge on any atom is -0.550 e. The predicted octanol–water partition coefficient (Wildman–Crippen LogP) is 12.0. The SMILES string of the molecule is CCCCCC/C=C\CCCCCCCC(=O)[O-].CCCCCC/C=C\CCCCCCCC(=O)[O-].CCCCCC/C=C\CCCCCCCC(=O)[O-].[Y+3]. The zero-order valence-corrected chi connectivity index (χ0v) is 39.3. The van der Waals surface area contributed by atoms with Gasteiger partial charge in [-0.25, -0.2) is 0 Å². The van der Waals surface area contributed by atoms with Crippen LogP contribution in [0.25, 0.3) is 0 Å². The van der Waals surface area contributed by atoms with E-state index in [4.69, 9.17) is 0 Å². The summed E-state index contributed by atoms with van der Waals surface area (Å²) in [7, 11) is 0. The average Bonchev–Trinajstić information content (AvgIpc) is 3.14. The molecule has 0 aromatic rings. The van der Waals surface area contributed by atoms with Gasteiger partial charge in [0.1, 0.15) is 0 Å². The molecule has 0 aliphatic carbocycles. The van der Waals surface area contributed by atoms with Crippen molar-refractivity contribution in [1.82, 2.24) is 0 Å². The maximum absolute atomic E-state index is 10.2. The molecule has 6 nitrogen and oxygen atoms in total. The molecule has 0 atom stereocenters. The van der Waals surface area contributed by atoms with Gasteiger partial charge in [0.25, 0.3) is 0 Å². The van der Waals surface area contributed by atoms with Gasteiger partial charge in [-0.1, -0.05) is 173 Å². The van der Waals surface area contributed by atoms with Crippen LogP contribution in [-0.4, -0.2) is 17.9 Å². The van der Waals surface area contributed by atoms with Gasteiger partial charge in [0.05, 0.1) is 0 Å². The monoisotopic (exact) mass is 849 g/mol. The van der Waals surface area contributed by atoms with Gasteiger partial charge in [-0.15, -0.1) is 0 Å². The maximum Gasteiger partial charge on any atom is 3.00 e. The van der Waals surface area contributed by atoms with E-state index >= 15 is 0 Å². The first-order valence-electron chi connectivity index (χ1n) is 22.9. The number of hydrogen-bond donors (Lipinski definition) is 0. The molecule has 0 heterocycles. The topological polar surface area (TPSA) is 120 Å². The molecule has 0 spiro atoms. The number of carboxylic acids is 3. The van der Waals surface area contributed by atoms with Crippen molar-refractivity contribution in [3.63, 3.8) is 0 Å². The number of carbonyl (C=O) groups excluding carboxylic acids is 3. The van der Waals surface area contributed by atoms with E-state index in [1.54, 1.807) is 0 Å². The number of rotatable bonds is 39. The molecular formula is C48H87O6Y. The van der Waals surface area contributed by atoms with Gasteiger partial charge in [-0.05, 0) is 116 Å². The molecule has 7 heteroatoms. The van der Waals surface area contributed by atoms with Crippen LogP contribution in [0.4, 0.5) is 0 Å². The molecule has 55 heavy (non-hydrogen) atoms. The molecule has 0 amide bonds. The Morgan fingerprint density at radius 1 is 0.291 bits per heavy atom. The summed E-state index contributed by atoms with van der Waals surface area (Å²) < 4.78 is 0. The molecule has 0 unspecified atom stereocenters. The van der Waals surface area contributed by atoms with Crippen molar-refractivity contribution in [2.24, 2.45) is 0 Å². The second-order valence-corrected chi connectivity index (χ2v) is 15.0. The number of hydrogen-bond acceptors (Lipinski definition) is 6. The Morgan fingerprint density at radius 3 is 0.636 bits per heavy atom. The second kappa shape index (κ2) is 57.1. The fraction of sp³-hybridized carbons (Fsp3) is 0.812. The van der Waals surface area contributed by atoms with Crippen LogP contribution in [0.3, 0.4) is 0 Å². The summed E-state index contributed by atoms with van der Waals surface area (Å²) in [6.07, 6.45) is 53.9. The molecule has 0 radical (unpaired) electrons. The van der Waals surface area contributed by atoms with E-state index in [-0.39, 0.29) is 52.0 Å². The first-order valence-corrected chi connectivity index (χ1v) is 22.9. The molecule has 0 fully saturated rings. The number of carboxylic acid groups (broad SMARTS) is 3. The molecule has 0 bridgehead atoms. The van der Waals surface area contributed by atoms with E-state index in [2.05, 4.69) is 57.2 Å². The molecule has 0 aliphatic rings. The fourth-order valence-electron chi connectivity index (χ4n) is 5.96. The van der Waals surface area contributed by atoms with Gasteiger partial charge in [0.2, 0.25) is 0 Å². The summed E-state index contributed by atoms with van der Waals surface area (Å²) in [5.74, 6) is -2.75. The van der Waals surface area contributed by atoms with Crippen LogP contribution in [-0.2, 0) is 47.1 Å². The van der Waals surface area contributed by atoms with Crippen molar-refractivity contribution < 1.29 is 62.4 Å². The van der Waals surface area contributed by atoms with Crippen molar-refractivity contribution in [2.75, 3.05) is 0 Å². The van der Waals surface area contributed by atoms with Crippen LogP contribution in [0, 0.1) is 0 Å². The third-order valence-electron chi connectivity index (χ3n) is 9.43. The molecule has 0 saturated heterocycles. The van der Waals surface area contributed by atoms with Gasteiger partial charge in [0, 0.05) is 17.9 Å². The number of aliphatic carboxylic acids is 3. The largest absolute Gasteiger partial charge is 3.00 e. The molecule has 0 rings (SSSR count). The van der Waals surface area contributed by atoms with Crippen LogP contribution in [0.2, 0.25) is 0 Å². The van der Waals surface area contributed by atoms with Crippen LogP contribution in [0.1, 0.15) is 252 Å². The fourth-order valence-corrected chi connectivity index (χ4v) is 5.96. The summed E-state index contributed by atoms with van der Waals surface area (Å²) in [4.78, 5) is 30.5. The second-order valence-electron chi connectivity index (χ2n) is 15.0. The average molecular weight is 849 g/mol. The predicted molar refractivity (Wildman–Crippen MR) is 226 cm³/mol.